The summed E-state index contributed by atoms with van der Waals surface area (Å²) in [5.74, 6) is 1.94. The van der Waals surface area contributed by atoms with Crippen LogP contribution < -0.4 is 10.2 Å². The highest BCUT2D eigenvalue weighted by Crippen LogP contribution is 2.24. The third kappa shape index (κ3) is 5.24. The van der Waals surface area contributed by atoms with Crippen molar-refractivity contribution in [2.75, 3.05) is 63.0 Å². The Morgan fingerprint density at radius 3 is 2.47 bits per heavy atom. The van der Waals surface area contributed by atoms with Gasteiger partial charge in [0.1, 0.15) is 5.82 Å². The number of anilines is 1. The average Bonchev–Trinajstić information content (AvgIpc) is 2.74. The highest BCUT2D eigenvalue weighted by atomic mass is 32.2. The van der Waals surface area contributed by atoms with Crippen molar-refractivity contribution in [1.82, 2.24) is 20.1 Å². The molecule has 2 aliphatic heterocycles. The quantitative estimate of drug-likeness (QED) is 0.549. The third-order valence-electron chi connectivity index (χ3n) is 6.04. The summed E-state index contributed by atoms with van der Waals surface area (Å²) < 4.78 is 23.8. The molecule has 0 radical (unpaired) electrons. The molecule has 2 fully saturated rings. The van der Waals surface area contributed by atoms with Gasteiger partial charge in [-0.15, -0.1) is 0 Å². The molecule has 1 N–H and O–H groups in total. The van der Waals surface area contributed by atoms with Crippen LogP contribution in [0.4, 0.5) is 5.82 Å². The summed E-state index contributed by atoms with van der Waals surface area (Å²) in [6.45, 7) is 15.3. The first-order valence-electron chi connectivity index (χ1n) is 10.9. The Kier molecular flexibility index (Phi) is 7.23. The van der Waals surface area contributed by atoms with Crippen LogP contribution in [0.2, 0.25) is 0 Å². The number of rotatable bonds is 5. The van der Waals surface area contributed by atoms with Gasteiger partial charge in [-0.1, -0.05) is 13.0 Å². The van der Waals surface area contributed by atoms with E-state index in [0.29, 0.717) is 19.6 Å². The topological polar surface area (TPSA) is 81.1 Å². The number of piperazine rings is 1. The van der Waals surface area contributed by atoms with Crippen molar-refractivity contribution in [2.24, 2.45) is 4.99 Å². The van der Waals surface area contributed by atoms with Crippen LogP contribution in [0.15, 0.2) is 23.3 Å². The average molecular weight is 437 g/mol. The number of pyridine rings is 1. The largest absolute Gasteiger partial charge is 0.357 e. The number of nitrogens with zero attached hydrogens (tertiary/aromatic N) is 5. The summed E-state index contributed by atoms with van der Waals surface area (Å²) in [5, 5.41) is 3.31. The van der Waals surface area contributed by atoms with Gasteiger partial charge < -0.3 is 20.0 Å². The Labute approximate surface area is 181 Å². The molecule has 0 amide bonds. The second-order valence-corrected chi connectivity index (χ2v) is 11.4. The predicted octanol–water partition coefficient (Wildman–Crippen LogP) is 1.20. The van der Waals surface area contributed by atoms with Crippen LogP contribution in [0.3, 0.4) is 0 Å². The molecule has 1 aromatic rings. The number of guanidine groups is 1. The highest BCUT2D eigenvalue weighted by Gasteiger charge is 2.40. The third-order valence-corrected chi connectivity index (χ3v) is 8.57. The number of nitrogens with one attached hydrogen (secondary N) is 1. The maximum Gasteiger partial charge on any atom is 0.194 e. The second kappa shape index (κ2) is 9.51. The maximum atomic E-state index is 12.3. The molecular weight excluding hydrogens is 400 g/mol. The Bertz CT molecular complexity index is 830. The number of aliphatic imine (C=N–C) groups is 1. The number of sulfone groups is 1. The lowest BCUT2D eigenvalue weighted by Gasteiger charge is -2.39. The van der Waals surface area contributed by atoms with Gasteiger partial charge in [-0.3, -0.25) is 0 Å². The van der Waals surface area contributed by atoms with Crippen molar-refractivity contribution < 1.29 is 8.42 Å². The van der Waals surface area contributed by atoms with E-state index in [1.165, 1.54) is 0 Å². The van der Waals surface area contributed by atoms with Crippen molar-refractivity contribution in [3.63, 3.8) is 0 Å². The Balaban J connectivity index is 1.64. The molecule has 0 saturated carbocycles. The second-order valence-electron chi connectivity index (χ2n) is 8.62. The zero-order chi connectivity index (χ0) is 21.8. The van der Waals surface area contributed by atoms with E-state index >= 15 is 0 Å². The predicted molar refractivity (Wildman–Crippen MR) is 123 cm³/mol. The first-order valence-corrected chi connectivity index (χ1v) is 12.6. The van der Waals surface area contributed by atoms with Crippen LogP contribution >= 0.6 is 0 Å². The van der Waals surface area contributed by atoms with Gasteiger partial charge in [0.05, 0.1) is 17.0 Å². The van der Waals surface area contributed by atoms with Crippen LogP contribution in [0.1, 0.15) is 33.3 Å². The van der Waals surface area contributed by atoms with Crippen LogP contribution in [-0.4, -0.2) is 92.0 Å². The van der Waals surface area contributed by atoms with Crippen molar-refractivity contribution in [3.05, 3.63) is 23.9 Å². The van der Waals surface area contributed by atoms with Crippen molar-refractivity contribution in [1.29, 1.82) is 0 Å². The molecule has 8 nitrogen and oxygen atoms in total. The summed E-state index contributed by atoms with van der Waals surface area (Å²) in [4.78, 5) is 16.3. The van der Waals surface area contributed by atoms with E-state index in [0.717, 1.165) is 56.6 Å². The minimum absolute atomic E-state index is 0.159. The monoisotopic (exact) mass is 436 g/mol. The number of aromatic nitrogens is 1. The standard InChI is InChI=1S/C21H36N6O2S/c1-5-22-20(27-13-14-30(28,29)21(3,4)17-27)24-16-18-7-8-19(23-15-18)26-11-9-25(6-2)10-12-26/h7-8,15H,5-6,9-14,16-17H2,1-4H3,(H,22,24). The van der Waals surface area contributed by atoms with Gasteiger partial charge in [0.2, 0.25) is 0 Å². The van der Waals surface area contributed by atoms with Crippen LogP contribution in [0.25, 0.3) is 0 Å². The van der Waals surface area contributed by atoms with Gasteiger partial charge in [0.25, 0.3) is 0 Å². The van der Waals surface area contributed by atoms with E-state index in [-0.39, 0.29) is 5.75 Å². The van der Waals surface area contributed by atoms with Gasteiger partial charge in [-0.05, 0) is 38.9 Å². The minimum Gasteiger partial charge on any atom is -0.357 e. The molecule has 0 bridgehead atoms. The minimum atomic E-state index is -3.07. The SMILES string of the molecule is CCNC(=NCc1ccc(N2CCN(CC)CC2)nc1)N1CCS(=O)(=O)C(C)(C)C1. The molecule has 3 rings (SSSR count). The summed E-state index contributed by atoms with van der Waals surface area (Å²) >= 11 is 0. The summed E-state index contributed by atoms with van der Waals surface area (Å²) in [5.41, 5.74) is 1.05. The molecule has 0 unspecified atom stereocenters. The molecule has 0 aliphatic carbocycles. The molecule has 2 saturated heterocycles. The van der Waals surface area contributed by atoms with Crippen molar-refractivity contribution in [3.8, 4) is 0 Å². The molecule has 30 heavy (non-hydrogen) atoms. The number of hydrogen-bond acceptors (Lipinski definition) is 6. The molecule has 0 spiro atoms. The summed E-state index contributed by atoms with van der Waals surface area (Å²) in [6.07, 6.45) is 1.90. The maximum absolute atomic E-state index is 12.3. The van der Waals surface area contributed by atoms with Gasteiger partial charge in [-0.25, -0.2) is 18.4 Å². The lowest BCUT2D eigenvalue weighted by molar-refractivity contribution is 0.270. The number of likely N-dealkylation sites (N-methyl/N-ethyl adjacent to an activating group) is 1. The van der Waals surface area contributed by atoms with Crippen molar-refractivity contribution >= 4 is 21.6 Å². The molecule has 0 atom stereocenters. The molecule has 2 aliphatic rings. The number of hydrogen-bond donors (Lipinski definition) is 1. The lowest BCUT2D eigenvalue weighted by atomic mass is 10.2. The Morgan fingerprint density at radius 1 is 1.17 bits per heavy atom. The first-order chi connectivity index (χ1) is 14.3. The fraction of sp³-hybridized carbons (Fsp3) is 0.714. The molecule has 9 heteroatoms. The van der Waals surface area contributed by atoms with Crippen molar-refractivity contribution in [2.45, 2.75) is 39.0 Å². The fourth-order valence-electron chi connectivity index (χ4n) is 3.91. The van der Waals surface area contributed by atoms with E-state index in [4.69, 9.17) is 4.99 Å². The van der Waals surface area contributed by atoms with Crippen LogP contribution in [0, 0.1) is 0 Å². The molecule has 168 valence electrons. The molecule has 3 heterocycles. The van der Waals surface area contributed by atoms with Gasteiger partial charge in [-0.2, -0.15) is 0 Å². The molecular formula is C21H36N6O2S. The fourth-order valence-corrected chi connectivity index (χ4v) is 5.27. The van der Waals surface area contributed by atoms with E-state index < -0.39 is 14.6 Å². The zero-order valence-electron chi connectivity index (χ0n) is 18.8. The smallest absolute Gasteiger partial charge is 0.194 e. The van der Waals surface area contributed by atoms with E-state index in [1.54, 1.807) is 13.8 Å². The van der Waals surface area contributed by atoms with Gasteiger partial charge in [0.15, 0.2) is 15.8 Å². The van der Waals surface area contributed by atoms with Crippen LogP contribution in [-0.2, 0) is 16.4 Å². The van der Waals surface area contributed by atoms with Crippen LogP contribution in [0.5, 0.6) is 0 Å². The van der Waals surface area contributed by atoms with E-state index in [1.807, 2.05) is 13.1 Å². The summed E-state index contributed by atoms with van der Waals surface area (Å²) in [6, 6.07) is 4.17. The van der Waals surface area contributed by atoms with Gasteiger partial charge in [0, 0.05) is 52.0 Å². The first kappa shape index (κ1) is 22.8. The lowest BCUT2D eigenvalue weighted by Crippen LogP contribution is -2.57. The molecule has 1 aromatic heterocycles. The Morgan fingerprint density at radius 2 is 1.90 bits per heavy atom. The highest BCUT2D eigenvalue weighted by molar-refractivity contribution is 7.92. The normalized spacial score (nSPS) is 22.2. The van der Waals surface area contributed by atoms with Gasteiger partial charge >= 0.3 is 0 Å². The van der Waals surface area contributed by atoms with E-state index in [2.05, 4.69) is 44.1 Å². The zero-order valence-corrected chi connectivity index (χ0v) is 19.6. The Hall–Kier alpha value is -1.87. The summed E-state index contributed by atoms with van der Waals surface area (Å²) in [7, 11) is -3.07. The van der Waals surface area contributed by atoms with E-state index in [9.17, 15) is 8.42 Å². The molecule has 0 aromatic carbocycles.